The Bertz CT molecular complexity index is 514. The number of halogens is 1. The Labute approximate surface area is 99.2 Å². The van der Waals surface area contributed by atoms with E-state index in [-0.39, 0.29) is 0 Å². The predicted molar refractivity (Wildman–Crippen MR) is 66.1 cm³/mol. The second-order valence-corrected chi connectivity index (χ2v) is 3.90. The van der Waals surface area contributed by atoms with Gasteiger partial charge in [0.05, 0.1) is 17.6 Å². The number of rotatable bonds is 3. The summed E-state index contributed by atoms with van der Waals surface area (Å²) in [6.45, 7) is 0.566. The summed E-state index contributed by atoms with van der Waals surface area (Å²) in [6.07, 6.45) is 2.52. The standard InChI is InChI=1S/C12H13ClN2O/c1-16-9-2-3-11-10(6-9)12(13)8(4-5-14)7-15-11/h2-3,6-7H,4-5,14H2,1H3. The van der Waals surface area contributed by atoms with E-state index >= 15 is 0 Å². The average Bonchev–Trinajstić information content (AvgIpc) is 2.33. The van der Waals surface area contributed by atoms with E-state index in [9.17, 15) is 0 Å². The fourth-order valence-corrected chi connectivity index (χ4v) is 1.93. The number of nitrogens with two attached hydrogens (primary N) is 1. The van der Waals surface area contributed by atoms with Gasteiger partial charge in [-0.25, -0.2) is 0 Å². The van der Waals surface area contributed by atoms with Crippen molar-refractivity contribution in [2.24, 2.45) is 5.73 Å². The Morgan fingerprint density at radius 3 is 2.94 bits per heavy atom. The number of hydrogen-bond acceptors (Lipinski definition) is 3. The van der Waals surface area contributed by atoms with Crippen molar-refractivity contribution in [2.45, 2.75) is 6.42 Å². The number of benzene rings is 1. The van der Waals surface area contributed by atoms with Crippen LogP contribution in [-0.2, 0) is 6.42 Å². The normalized spacial score (nSPS) is 10.7. The fraction of sp³-hybridized carbons (Fsp3) is 0.250. The first-order valence-corrected chi connectivity index (χ1v) is 5.45. The molecule has 0 bridgehead atoms. The minimum absolute atomic E-state index is 0.566. The van der Waals surface area contributed by atoms with Gasteiger partial charge in [0.15, 0.2) is 0 Å². The van der Waals surface area contributed by atoms with E-state index in [1.165, 1.54) is 0 Å². The summed E-state index contributed by atoms with van der Waals surface area (Å²) in [6, 6.07) is 5.66. The van der Waals surface area contributed by atoms with Gasteiger partial charge in [-0.15, -0.1) is 0 Å². The lowest BCUT2D eigenvalue weighted by Crippen LogP contribution is -2.03. The summed E-state index contributed by atoms with van der Waals surface area (Å²) in [7, 11) is 1.63. The van der Waals surface area contributed by atoms with Crippen LogP contribution in [0.3, 0.4) is 0 Å². The quantitative estimate of drug-likeness (QED) is 0.890. The summed E-state index contributed by atoms with van der Waals surface area (Å²) >= 11 is 6.30. The maximum Gasteiger partial charge on any atom is 0.119 e. The second-order valence-electron chi connectivity index (χ2n) is 3.52. The molecule has 0 saturated heterocycles. The molecule has 0 unspecified atom stereocenters. The van der Waals surface area contributed by atoms with Gasteiger partial charge in [-0.2, -0.15) is 0 Å². The Morgan fingerprint density at radius 1 is 1.44 bits per heavy atom. The highest BCUT2D eigenvalue weighted by Gasteiger charge is 2.07. The smallest absolute Gasteiger partial charge is 0.119 e. The number of nitrogens with zero attached hydrogens (tertiary/aromatic N) is 1. The van der Waals surface area contributed by atoms with Crippen LogP contribution in [0.2, 0.25) is 5.02 Å². The number of ether oxygens (including phenoxy) is 1. The van der Waals surface area contributed by atoms with Gasteiger partial charge in [-0.3, -0.25) is 4.98 Å². The van der Waals surface area contributed by atoms with Crippen molar-refractivity contribution in [2.75, 3.05) is 13.7 Å². The lowest BCUT2D eigenvalue weighted by Gasteiger charge is -2.07. The first-order chi connectivity index (χ1) is 7.76. The molecule has 2 N–H and O–H groups in total. The third-order valence-electron chi connectivity index (χ3n) is 2.50. The zero-order valence-electron chi connectivity index (χ0n) is 9.03. The molecule has 0 fully saturated rings. The number of pyridine rings is 1. The van der Waals surface area contributed by atoms with Gasteiger partial charge in [-0.1, -0.05) is 11.6 Å². The molecule has 0 atom stereocenters. The molecule has 0 saturated carbocycles. The first kappa shape index (κ1) is 11.2. The highest BCUT2D eigenvalue weighted by molar-refractivity contribution is 6.36. The fourth-order valence-electron chi connectivity index (χ4n) is 1.64. The molecule has 2 rings (SSSR count). The Hall–Kier alpha value is -1.32. The lowest BCUT2D eigenvalue weighted by atomic mass is 10.1. The van der Waals surface area contributed by atoms with Gasteiger partial charge < -0.3 is 10.5 Å². The summed E-state index contributed by atoms with van der Waals surface area (Å²) < 4.78 is 5.17. The van der Waals surface area contributed by atoms with Gasteiger partial charge in [0.1, 0.15) is 5.75 Å². The van der Waals surface area contributed by atoms with Crippen LogP contribution in [0, 0.1) is 0 Å². The van der Waals surface area contributed by atoms with Crippen molar-refractivity contribution < 1.29 is 4.74 Å². The molecule has 0 amide bonds. The zero-order chi connectivity index (χ0) is 11.5. The molecular weight excluding hydrogens is 224 g/mol. The minimum atomic E-state index is 0.566. The van der Waals surface area contributed by atoms with Crippen LogP contribution in [0.4, 0.5) is 0 Å². The van der Waals surface area contributed by atoms with Crippen LogP contribution in [0.25, 0.3) is 10.9 Å². The average molecular weight is 237 g/mol. The van der Waals surface area contributed by atoms with Gasteiger partial charge >= 0.3 is 0 Å². The summed E-state index contributed by atoms with van der Waals surface area (Å²) in [5, 5.41) is 1.63. The number of hydrogen-bond donors (Lipinski definition) is 1. The molecule has 0 aliphatic rings. The van der Waals surface area contributed by atoms with Crippen LogP contribution in [0.5, 0.6) is 5.75 Å². The van der Waals surface area contributed by atoms with Crippen molar-refractivity contribution >= 4 is 22.5 Å². The molecule has 0 radical (unpaired) electrons. The van der Waals surface area contributed by atoms with Crippen LogP contribution >= 0.6 is 11.6 Å². The van der Waals surface area contributed by atoms with E-state index in [0.717, 1.165) is 28.6 Å². The summed E-state index contributed by atoms with van der Waals surface area (Å²) in [5.41, 5.74) is 7.36. The van der Waals surface area contributed by atoms with E-state index < -0.39 is 0 Å². The van der Waals surface area contributed by atoms with Crippen molar-refractivity contribution in [3.8, 4) is 5.75 Å². The number of aromatic nitrogens is 1. The second kappa shape index (κ2) is 4.68. The number of fused-ring (bicyclic) bond motifs is 1. The minimum Gasteiger partial charge on any atom is -0.497 e. The van der Waals surface area contributed by atoms with E-state index in [1.54, 1.807) is 13.3 Å². The molecule has 0 aliphatic carbocycles. The summed E-state index contributed by atoms with van der Waals surface area (Å²) in [5.74, 6) is 0.779. The largest absolute Gasteiger partial charge is 0.497 e. The molecule has 1 heterocycles. The Balaban J connectivity index is 2.61. The van der Waals surface area contributed by atoms with Crippen molar-refractivity contribution in [3.63, 3.8) is 0 Å². The van der Waals surface area contributed by atoms with Crippen LogP contribution < -0.4 is 10.5 Å². The molecule has 1 aromatic heterocycles. The van der Waals surface area contributed by atoms with Crippen LogP contribution in [0.1, 0.15) is 5.56 Å². The van der Waals surface area contributed by atoms with Gasteiger partial charge in [-0.05, 0) is 36.7 Å². The van der Waals surface area contributed by atoms with E-state index in [2.05, 4.69) is 4.98 Å². The molecule has 0 aliphatic heterocycles. The molecule has 1 aromatic carbocycles. The molecule has 0 spiro atoms. The van der Waals surface area contributed by atoms with Crippen LogP contribution in [0.15, 0.2) is 24.4 Å². The monoisotopic (exact) mass is 236 g/mol. The molecule has 2 aromatic rings. The van der Waals surface area contributed by atoms with Crippen molar-refractivity contribution in [1.29, 1.82) is 0 Å². The molecule has 3 nitrogen and oxygen atoms in total. The third kappa shape index (κ3) is 1.96. The summed E-state index contributed by atoms with van der Waals surface area (Å²) in [4.78, 5) is 4.34. The van der Waals surface area contributed by atoms with Crippen molar-refractivity contribution in [3.05, 3.63) is 35.0 Å². The van der Waals surface area contributed by atoms with E-state index in [4.69, 9.17) is 22.1 Å². The Kier molecular flexibility index (Phi) is 3.27. The zero-order valence-corrected chi connectivity index (χ0v) is 9.79. The van der Waals surface area contributed by atoms with Crippen LogP contribution in [-0.4, -0.2) is 18.6 Å². The van der Waals surface area contributed by atoms with Gasteiger partial charge in [0.2, 0.25) is 0 Å². The Morgan fingerprint density at radius 2 is 2.25 bits per heavy atom. The molecule has 16 heavy (non-hydrogen) atoms. The highest BCUT2D eigenvalue weighted by atomic mass is 35.5. The SMILES string of the molecule is COc1ccc2ncc(CCN)c(Cl)c2c1. The first-order valence-electron chi connectivity index (χ1n) is 5.07. The van der Waals surface area contributed by atoms with Crippen molar-refractivity contribution in [1.82, 2.24) is 4.98 Å². The molecular formula is C12H13ClN2O. The number of methoxy groups -OCH3 is 1. The maximum absolute atomic E-state index is 6.30. The van der Waals surface area contributed by atoms with Gasteiger partial charge in [0, 0.05) is 11.6 Å². The van der Waals surface area contributed by atoms with Gasteiger partial charge in [0.25, 0.3) is 0 Å². The maximum atomic E-state index is 6.30. The lowest BCUT2D eigenvalue weighted by molar-refractivity contribution is 0.415. The van der Waals surface area contributed by atoms with E-state index in [0.29, 0.717) is 11.6 Å². The topological polar surface area (TPSA) is 48.1 Å². The third-order valence-corrected chi connectivity index (χ3v) is 2.94. The highest BCUT2D eigenvalue weighted by Crippen LogP contribution is 2.28. The molecule has 84 valence electrons. The predicted octanol–water partition coefficient (Wildman–Crippen LogP) is 2.40. The molecule has 4 heteroatoms. The van der Waals surface area contributed by atoms with E-state index in [1.807, 2.05) is 18.2 Å².